The van der Waals surface area contributed by atoms with E-state index in [4.69, 9.17) is 14.2 Å². The summed E-state index contributed by atoms with van der Waals surface area (Å²) in [6.07, 6.45) is 5.04. The Hall–Kier alpha value is -0.650. The number of esters is 1. The Labute approximate surface area is 128 Å². The molecule has 1 aliphatic heterocycles. The van der Waals surface area contributed by atoms with Gasteiger partial charge in [-0.3, -0.25) is 4.79 Å². The predicted molar refractivity (Wildman–Crippen MR) is 82.4 cm³/mol. The number of hydrogen-bond donors (Lipinski definition) is 1. The van der Waals surface area contributed by atoms with Crippen molar-refractivity contribution in [1.29, 1.82) is 0 Å². The van der Waals surface area contributed by atoms with Gasteiger partial charge in [-0.05, 0) is 52.5 Å². The standard InChI is InChI=1S/C16H31NO4/c1-4-10-17-16(3,15(18)20-5-2)9-7-11-19-13-14-8-6-12-21-14/h14,17H,4-13H2,1-3H3. The summed E-state index contributed by atoms with van der Waals surface area (Å²) in [5.41, 5.74) is -0.612. The lowest BCUT2D eigenvalue weighted by molar-refractivity contribution is -0.151. The van der Waals surface area contributed by atoms with Crippen LogP contribution in [0.25, 0.3) is 0 Å². The van der Waals surface area contributed by atoms with E-state index in [0.29, 0.717) is 19.8 Å². The fourth-order valence-electron chi connectivity index (χ4n) is 2.47. The van der Waals surface area contributed by atoms with E-state index in [1.807, 2.05) is 13.8 Å². The van der Waals surface area contributed by atoms with Crippen LogP contribution in [-0.2, 0) is 19.0 Å². The van der Waals surface area contributed by atoms with Crippen molar-refractivity contribution in [3.05, 3.63) is 0 Å². The minimum Gasteiger partial charge on any atom is -0.465 e. The van der Waals surface area contributed by atoms with Gasteiger partial charge in [-0.1, -0.05) is 6.92 Å². The molecule has 2 unspecified atom stereocenters. The molecule has 0 radical (unpaired) electrons. The Morgan fingerprint density at radius 1 is 1.43 bits per heavy atom. The summed E-state index contributed by atoms with van der Waals surface area (Å²) in [6, 6.07) is 0. The molecule has 1 aliphatic rings. The normalized spacial score (nSPS) is 21.2. The van der Waals surface area contributed by atoms with Gasteiger partial charge in [-0.2, -0.15) is 0 Å². The second kappa shape index (κ2) is 10.1. The molecule has 0 saturated carbocycles. The Bertz CT molecular complexity index is 292. The maximum atomic E-state index is 12.1. The molecule has 0 bridgehead atoms. The van der Waals surface area contributed by atoms with E-state index < -0.39 is 5.54 Å². The number of carbonyl (C=O) groups excluding carboxylic acids is 1. The van der Waals surface area contributed by atoms with Crippen molar-refractivity contribution < 1.29 is 19.0 Å². The van der Waals surface area contributed by atoms with Gasteiger partial charge in [0.1, 0.15) is 5.54 Å². The zero-order chi connectivity index (χ0) is 15.6. The van der Waals surface area contributed by atoms with Gasteiger partial charge in [0.05, 0.1) is 19.3 Å². The lowest BCUT2D eigenvalue weighted by Crippen LogP contribution is -2.50. The Morgan fingerprint density at radius 3 is 2.86 bits per heavy atom. The van der Waals surface area contributed by atoms with E-state index in [1.54, 1.807) is 0 Å². The largest absolute Gasteiger partial charge is 0.465 e. The maximum Gasteiger partial charge on any atom is 0.326 e. The maximum absolute atomic E-state index is 12.1. The van der Waals surface area contributed by atoms with Crippen molar-refractivity contribution in [2.45, 2.75) is 64.5 Å². The van der Waals surface area contributed by atoms with Crippen LogP contribution in [0.15, 0.2) is 0 Å². The molecule has 0 aromatic carbocycles. The molecule has 1 heterocycles. The Balaban J connectivity index is 2.25. The van der Waals surface area contributed by atoms with Crippen LogP contribution < -0.4 is 5.32 Å². The quantitative estimate of drug-likeness (QED) is 0.469. The Morgan fingerprint density at radius 2 is 2.24 bits per heavy atom. The molecular weight excluding hydrogens is 270 g/mol. The first-order valence-electron chi connectivity index (χ1n) is 8.24. The Kier molecular flexibility index (Phi) is 8.88. The molecule has 1 saturated heterocycles. The van der Waals surface area contributed by atoms with Gasteiger partial charge in [0.15, 0.2) is 0 Å². The second-order valence-electron chi connectivity index (χ2n) is 5.79. The number of ether oxygens (including phenoxy) is 3. The zero-order valence-electron chi connectivity index (χ0n) is 13.8. The summed E-state index contributed by atoms with van der Waals surface area (Å²) in [5, 5.41) is 3.31. The third-order valence-corrected chi connectivity index (χ3v) is 3.78. The highest BCUT2D eigenvalue weighted by Crippen LogP contribution is 2.16. The van der Waals surface area contributed by atoms with E-state index >= 15 is 0 Å². The molecule has 0 amide bonds. The molecule has 1 rings (SSSR count). The zero-order valence-corrected chi connectivity index (χ0v) is 13.8. The summed E-state index contributed by atoms with van der Waals surface area (Å²) < 4.78 is 16.3. The lowest BCUT2D eigenvalue weighted by Gasteiger charge is -2.28. The minimum absolute atomic E-state index is 0.169. The van der Waals surface area contributed by atoms with Crippen molar-refractivity contribution in [2.24, 2.45) is 0 Å². The molecule has 2 atom stereocenters. The molecule has 0 aromatic rings. The number of hydrogen-bond acceptors (Lipinski definition) is 5. The summed E-state index contributed by atoms with van der Waals surface area (Å²) in [6.45, 7) is 9.24. The van der Waals surface area contributed by atoms with Gasteiger partial charge in [0.25, 0.3) is 0 Å². The molecule has 5 nitrogen and oxygen atoms in total. The molecule has 21 heavy (non-hydrogen) atoms. The SMILES string of the molecule is CCCNC(C)(CCCOCC1CCCO1)C(=O)OCC. The van der Waals surface area contributed by atoms with Crippen LogP contribution >= 0.6 is 0 Å². The van der Waals surface area contributed by atoms with Crippen LogP contribution in [0.1, 0.15) is 52.9 Å². The highest BCUT2D eigenvalue weighted by Gasteiger charge is 2.33. The first kappa shape index (κ1) is 18.4. The third-order valence-electron chi connectivity index (χ3n) is 3.78. The van der Waals surface area contributed by atoms with Crippen LogP contribution in [0.3, 0.4) is 0 Å². The predicted octanol–water partition coefficient (Wildman–Crippen LogP) is 2.28. The second-order valence-corrected chi connectivity index (χ2v) is 5.79. The summed E-state index contributed by atoms with van der Waals surface area (Å²) in [7, 11) is 0. The van der Waals surface area contributed by atoms with Gasteiger partial charge < -0.3 is 19.5 Å². The third kappa shape index (κ3) is 6.76. The average molecular weight is 301 g/mol. The fraction of sp³-hybridized carbons (Fsp3) is 0.938. The van der Waals surface area contributed by atoms with Gasteiger partial charge in [0, 0.05) is 13.2 Å². The van der Waals surface area contributed by atoms with Crippen LogP contribution in [0, 0.1) is 0 Å². The van der Waals surface area contributed by atoms with E-state index in [1.165, 1.54) is 0 Å². The topological polar surface area (TPSA) is 56.8 Å². The fourth-order valence-corrected chi connectivity index (χ4v) is 2.47. The van der Waals surface area contributed by atoms with Crippen LogP contribution in [0.4, 0.5) is 0 Å². The first-order valence-corrected chi connectivity index (χ1v) is 8.24. The lowest BCUT2D eigenvalue weighted by atomic mass is 9.95. The number of rotatable bonds is 11. The average Bonchev–Trinajstić information content (AvgIpc) is 2.98. The van der Waals surface area contributed by atoms with Crippen molar-refractivity contribution in [1.82, 2.24) is 5.32 Å². The van der Waals surface area contributed by atoms with Gasteiger partial charge in [0.2, 0.25) is 0 Å². The van der Waals surface area contributed by atoms with Crippen LogP contribution in [0.5, 0.6) is 0 Å². The smallest absolute Gasteiger partial charge is 0.326 e. The first-order chi connectivity index (χ1) is 10.1. The highest BCUT2D eigenvalue weighted by atomic mass is 16.5. The number of carbonyl (C=O) groups is 1. The summed E-state index contributed by atoms with van der Waals surface area (Å²) >= 11 is 0. The van der Waals surface area contributed by atoms with Crippen molar-refractivity contribution in [3.63, 3.8) is 0 Å². The van der Waals surface area contributed by atoms with Gasteiger partial charge >= 0.3 is 5.97 Å². The van der Waals surface area contributed by atoms with Crippen molar-refractivity contribution in [2.75, 3.05) is 33.0 Å². The summed E-state index contributed by atoms with van der Waals surface area (Å²) in [4.78, 5) is 12.1. The van der Waals surface area contributed by atoms with E-state index in [9.17, 15) is 4.79 Å². The number of nitrogens with one attached hydrogen (secondary N) is 1. The van der Waals surface area contributed by atoms with Crippen molar-refractivity contribution >= 4 is 5.97 Å². The van der Waals surface area contributed by atoms with E-state index in [0.717, 1.165) is 45.3 Å². The molecule has 0 spiro atoms. The summed E-state index contributed by atoms with van der Waals surface area (Å²) in [5.74, 6) is -0.169. The monoisotopic (exact) mass is 301 g/mol. The van der Waals surface area contributed by atoms with E-state index in [2.05, 4.69) is 12.2 Å². The molecular formula is C16H31NO4. The highest BCUT2D eigenvalue weighted by molar-refractivity contribution is 5.80. The molecule has 5 heteroatoms. The van der Waals surface area contributed by atoms with Crippen molar-refractivity contribution in [3.8, 4) is 0 Å². The minimum atomic E-state index is -0.612. The van der Waals surface area contributed by atoms with Gasteiger partial charge in [-0.15, -0.1) is 0 Å². The van der Waals surface area contributed by atoms with Crippen LogP contribution in [-0.4, -0.2) is 50.6 Å². The molecule has 0 aliphatic carbocycles. The molecule has 1 fully saturated rings. The molecule has 124 valence electrons. The molecule has 1 N–H and O–H groups in total. The van der Waals surface area contributed by atoms with Gasteiger partial charge in [-0.25, -0.2) is 0 Å². The molecule has 0 aromatic heterocycles. The van der Waals surface area contributed by atoms with Crippen LogP contribution in [0.2, 0.25) is 0 Å². The van der Waals surface area contributed by atoms with E-state index in [-0.39, 0.29) is 12.1 Å².